The second-order valence-corrected chi connectivity index (χ2v) is 4.83. The highest BCUT2D eigenvalue weighted by Crippen LogP contribution is 2.20. The van der Waals surface area contributed by atoms with Gasteiger partial charge in [0.05, 0.1) is 23.0 Å². The van der Waals surface area contributed by atoms with E-state index in [1.165, 1.54) is 11.1 Å². The molecule has 2 rings (SSSR count). The molecule has 2 aromatic rings. The third-order valence-electron chi connectivity index (χ3n) is 3.23. The summed E-state index contributed by atoms with van der Waals surface area (Å²) in [6, 6.07) is 16.0. The van der Waals surface area contributed by atoms with Crippen LogP contribution in [0.25, 0.3) is 0 Å². The summed E-state index contributed by atoms with van der Waals surface area (Å²) in [4.78, 5) is 0. The van der Waals surface area contributed by atoms with Crippen molar-refractivity contribution in [2.24, 2.45) is 0 Å². The number of aryl methyl sites for hydroxylation is 1. The Morgan fingerprint density at radius 1 is 1.10 bits per heavy atom. The van der Waals surface area contributed by atoms with Crippen molar-refractivity contribution in [2.45, 2.75) is 26.3 Å². The molecule has 0 aliphatic carbocycles. The number of nitrogens with one attached hydrogen (secondary N) is 1. The van der Waals surface area contributed by atoms with Crippen LogP contribution in [0.1, 0.15) is 30.0 Å². The molecule has 102 valence electrons. The molecule has 0 atom stereocenters. The van der Waals surface area contributed by atoms with Gasteiger partial charge in [0.15, 0.2) is 0 Å². The molecule has 3 N–H and O–H groups in total. The third-order valence-corrected chi connectivity index (χ3v) is 3.23. The second-order valence-electron chi connectivity index (χ2n) is 4.83. The average Bonchev–Trinajstić information content (AvgIpc) is 2.48. The fraction of sp³-hybridized carbons (Fsp3) is 0.235. The Bertz CT molecular complexity index is 609. The van der Waals surface area contributed by atoms with Gasteiger partial charge in [-0.1, -0.05) is 37.6 Å². The summed E-state index contributed by atoms with van der Waals surface area (Å²) >= 11 is 0. The fourth-order valence-electron chi connectivity index (χ4n) is 2.09. The Morgan fingerprint density at radius 3 is 2.45 bits per heavy atom. The van der Waals surface area contributed by atoms with E-state index in [9.17, 15) is 0 Å². The highest BCUT2D eigenvalue weighted by molar-refractivity contribution is 5.68. The van der Waals surface area contributed by atoms with E-state index in [2.05, 4.69) is 42.6 Å². The lowest BCUT2D eigenvalue weighted by molar-refractivity contribution is 0.920. The molecule has 0 spiro atoms. The van der Waals surface area contributed by atoms with E-state index in [0.29, 0.717) is 17.8 Å². The molecular weight excluding hydrogens is 246 g/mol. The number of benzene rings is 2. The number of nitriles is 1. The van der Waals surface area contributed by atoms with Crippen molar-refractivity contribution >= 4 is 11.4 Å². The summed E-state index contributed by atoms with van der Waals surface area (Å²) in [5.41, 5.74) is 10.5. The molecule has 0 aromatic heterocycles. The molecule has 0 fully saturated rings. The SMILES string of the molecule is CCCc1ccc(CNc2cc(C#N)ccc2N)cc1. The summed E-state index contributed by atoms with van der Waals surface area (Å²) in [5.74, 6) is 0. The van der Waals surface area contributed by atoms with Crippen LogP contribution in [-0.2, 0) is 13.0 Å². The Hall–Kier alpha value is -2.47. The van der Waals surface area contributed by atoms with Crippen LogP contribution < -0.4 is 11.1 Å². The maximum atomic E-state index is 8.90. The molecule has 0 saturated carbocycles. The monoisotopic (exact) mass is 265 g/mol. The van der Waals surface area contributed by atoms with Gasteiger partial charge in [-0.05, 0) is 35.7 Å². The Labute approximate surface area is 120 Å². The highest BCUT2D eigenvalue weighted by Gasteiger charge is 2.01. The van der Waals surface area contributed by atoms with Gasteiger partial charge in [-0.15, -0.1) is 0 Å². The van der Waals surface area contributed by atoms with Crippen molar-refractivity contribution < 1.29 is 0 Å². The minimum absolute atomic E-state index is 0.611. The molecule has 0 bridgehead atoms. The van der Waals surface area contributed by atoms with Gasteiger partial charge in [0.1, 0.15) is 0 Å². The minimum atomic E-state index is 0.611. The normalized spacial score (nSPS) is 10.0. The summed E-state index contributed by atoms with van der Waals surface area (Å²) in [5, 5.41) is 12.2. The van der Waals surface area contributed by atoms with Crippen LogP contribution >= 0.6 is 0 Å². The first-order chi connectivity index (χ1) is 9.72. The maximum Gasteiger partial charge on any atom is 0.0992 e. The van der Waals surface area contributed by atoms with Gasteiger partial charge in [0.2, 0.25) is 0 Å². The molecule has 0 amide bonds. The molecule has 0 aliphatic rings. The largest absolute Gasteiger partial charge is 0.397 e. The van der Waals surface area contributed by atoms with Gasteiger partial charge >= 0.3 is 0 Å². The van der Waals surface area contributed by atoms with Crippen molar-refractivity contribution in [3.05, 3.63) is 59.2 Å². The van der Waals surface area contributed by atoms with Crippen LogP contribution in [0.5, 0.6) is 0 Å². The Balaban J connectivity index is 2.03. The quantitative estimate of drug-likeness (QED) is 0.810. The fourth-order valence-corrected chi connectivity index (χ4v) is 2.09. The predicted molar refractivity (Wildman–Crippen MR) is 83.3 cm³/mol. The Morgan fingerprint density at radius 2 is 1.80 bits per heavy atom. The van der Waals surface area contributed by atoms with Crippen LogP contribution in [0, 0.1) is 11.3 Å². The molecule has 20 heavy (non-hydrogen) atoms. The van der Waals surface area contributed by atoms with Crippen molar-refractivity contribution in [3.8, 4) is 6.07 Å². The van der Waals surface area contributed by atoms with E-state index < -0.39 is 0 Å². The molecule has 0 saturated heterocycles. The lowest BCUT2D eigenvalue weighted by atomic mass is 10.1. The standard InChI is InChI=1S/C17H19N3/c1-2-3-13-4-6-14(7-5-13)12-20-17-10-15(11-18)8-9-16(17)19/h4-10,20H,2-3,12,19H2,1H3. The molecule has 0 heterocycles. The summed E-state index contributed by atoms with van der Waals surface area (Å²) in [6.07, 6.45) is 2.28. The smallest absolute Gasteiger partial charge is 0.0992 e. The summed E-state index contributed by atoms with van der Waals surface area (Å²) in [6.45, 7) is 2.88. The van der Waals surface area contributed by atoms with Crippen LogP contribution in [0.2, 0.25) is 0 Å². The van der Waals surface area contributed by atoms with Gasteiger partial charge in [-0.2, -0.15) is 5.26 Å². The van der Waals surface area contributed by atoms with Gasteiger partial charge < -0.3 is 11.1 Å². The van der Waals surface area contributed by atoms with Gasteiger partial charge in [0, 0.05) is 6.54 Å². The average molecular weight is 265 g/mol. The first-order valence-electron chi connectivity index (χ1n) is 6.84. The van der Waals surface area contributed by atoms with E-state index in [0.717, 1.165) is 18.5 Å². The number of hydrogen-bond acceptors (Lipinski definition) is 3. The van der Waals surface area contributed by atoms with E-state index in [-0.39, 0.29) is 0 Å². The van der Waals surface area contributed by atoms with E-state index in [4.69, 9.17) is 11.0 Å². The van der Waals surface area contributed by atoms with Gasteiger partial charge in [0.25, 0.3) is 0 Å². The molecule has 0 unspecified atom stereocenters. The molecule has 0 aliphatic heterocycles. The minimum Gasteiger partial charge on any atom is -0.397 e. The van der Waals surface area contributed by atoms with Crippen molar-refractivity contribution in [1.29, 1.82) is 5.26 Å². The number of nitrogen functional groups attached to an aromatic ring is 1. The molecular formula is C17H19N3. The van der Waals surface area contributed by atoms with E-state index in [1.807, 2.05) is 0 Å². The number of rotatable bonds is 5. The highest BCUT2D eigenvalue weighted by atomic mass is 14.9. The van der Waals surface area contributed by atoms with Crippen molar-refractivity contribution in [2.75, 3.05) is 11.1 Å². The number of nitrogens with zero attached hydrogens (tertiary/aromatic N) is 1. The topological polar surface area (TPSA) is 61.8 Å². The lowest BCUT2D eigenvalue weighted by Crippen LogP contribution is -2.03. The zero-order chi connectivity index (χ0) is 14.4. The molecule has 2 aromatic carbocycles. The van der Waals surface area contributed by atoms with Crippen LogP contribution in [0.15, 0.2) is 42.5 Å². The van der Waals surface area contributed by atoms with Gasteiger partial charge in [-0.3, -0.25) is 0 Å². The molecule has 0 radical (unpaired) electrons. The van der Waals surface area contributed by atoms with Crippen LogP contribution in [-0.4, -0.2) is 0 Å². The van der Waals surface area contributed by atoms with Crippen molar-refractivity contribution in [3.63, 3.8) is 0 Å². The number of anilines is 2. The summed E-state index contributed by atoms with van der Waals surface area (Å²) in [7, 11) is 0. The van der Waals surface area contributed by atoms with Crippen LogP contribution in [0.4, 0.5) is 11.4 Å². The number of nitrogens with two attached hydrogens (primary N) is 1. The first kappa shape index (κ1) is 14.0. The van der Waals surface area contributed by atoms with E-state index in [1.54, 1.807) is 18.2 Å². The van der Waals surface area contributed by atoms with Gasteiger partial charge in [-0.25, -0.2) is 0 Å². The predicted octanol–water partition coefficient (Wildman–Crippen LogP) is 3.71. The first-order valence-corrected chi connectivity index (χ1v) is 6.84. The lowest BCUT2D eigenvalue weighted by Gasteiger charge is -2.10. The van der Waals surface area contributed by atoms with E-state index >= 15 is 0 Å². The third kappa shape index (κ3) is 3.52. The number of hydrogen-bond donors (Lipinski definition) is 2. The Kier molecular flexibility index (Phi) is 4.62. The van der Waals surface area contributed by atoms with Crippen molar-refractivity contribution in [1.82, 2.24) is 0 Å². The molecule has 3 heteroatoms. The second kappa shape index (κ2) is 6.63. The summed E-state index contributed by atoms with van der Waals surface area (Å²) < 4.78 is 0. The zero-order valence-electron chi connectivity index (χ0n) is 11.7. The van der Waals surface area contributed by atoms with Crippen LogP contribution in [0.3, 0.4) is 0 Å². The maximum absolute atomic E-state index is 8.90. The molecule has 3 nitrogen and oxygen atoms in total. The zero-order valence-corrected chi connectivity index (χ0v) is 11.7.